The first-order valence-corrected chi connectivity index (χ1v) is 6.84. The monoisotopic (exact) mass is 283 g/mol. The Morgan fingerprint density at radius 3 is 2.80 bits per heavy atom. The summed E-state index contributed by atoms with van der Waals surface area (Å²) in [6, 6.07) is 17.7. The average Bonchev–Trinajstić information content (AvgIpc) is 2.48. The fourth-order valence-corrected chi connectivity index (χ4v) is 2.23. The maximum absolute atomic E-state index is 5.98. The minimum atomic E-state index is 0.437. The van der Waals surface area contributed by atoms with Crippen LogP contribution in [0.2, 0.25) is 5.02 Å². The Balaban J connectivity index is 1.81. The molecule has 20 heavy (non-hydrogen) atoms. The number of aromatic nitrogens is 1. The number of halogens is 1. The van der Waals surface area contributed by atoms with Crippen molar-refractivity contribution in [2.45, 2.75) is 13.5 Å². The van der Waals surface area contributed by atoms with Crippen LogP contribution in [0.15, 0.2) is 54.6 Å². The highest BCUT2D eigenvalue weighted by molar-refractivity contribution is 6.30. The summed E-state index contributed by atoms with van der Waals surface area (Å²) in [6.45, 7) is 2.44. The van der Waals surface area contributed by atoms with Crippen molar-refractivity contribution >= 4 is 22.5 Å². The largest absolute Gasteiger partial charge is 0.487 e. The lowest BCUT2D eigenvalue weighted by atomic mass is 10.2. The van der Waals surface area contributed by atoms with Crippen molar-refractivity contribution in [1.82, 2.24) is 4.98 Å². The Labute approximate surface area is 123 Å². The van der Waals surface area contributed by atoms with Crippen LogP contribution in [-0.2, 0) is 6.61 Å². The predicted molar refractivity (Wildman–Crippen MR) is 82.3 cm³/mol. The van der Waals surface area contributed by atoms with Gasteiger partial charge in [-0.25, -0.2) is 4.98 Å². The van der Waals surface area contributed by atoms with Gasteiger partial charge < -0.3 is 4.74 Å². The van der Waals surface area contributed by atoms with Gasteiger partial charge in [0.25, 0.3) is 0 Å². The number of hydrogen-bond acceptors (Lipinski definition) is 2. The molecule has 0 N–H and O–H groups in total. The molecule has 3 heteroatoms. The number of hydrogen-bond donors (Lipinski definition) is 0. The second-order valence-electron chi connectivity index (χ2n) is 4.69. The van der Waals surface area contributed by atoms with Gasteiger partial charge in [0.05, 0.1) is 11.2 Å². The summed E-state index contributed by atoms with van der Waals surface area (Å²) in [5.41, 5.74) is 2.95. The maximum Gasteiger partial charge on any atom is 0.130 e. The lowest BCUT2D eigenvalue weighted by molar-refractivity contribution is 0.300. The minimum absolute atomic E-state index is 0.437. The van der Waals surface area contributed by atoms with E-state index in [0.717, 1.165) is 27.9 Å². The van der Waals surface area contributed by atoms with E-state index >= 15 is 0 Å². The highest BCUT2D eigenvalue weighted by Crippen LogP contribution is 2.23. The molecule has 0 bridgehead atoms. The van der Waals surface area contributed by atoms with Gasteiger partial charge in [-0.15, -0.1) is 0 Å². The predicted octanol–water partition coefficient (Wildman–Crippen LogP) is 4.78. The Kier molecular flexibility index (Phi) is 3.57. The van der Waals surface area contributed by atoms with Crippen molar-refractivity contribution in [3.05, 3.63) is 70.9 Å². The van der Waals surface area contributed by atoms with E-state index in [-0.39, 0.29) is 0 Å². The molecule has 100 valence electrons. The Bertz CT molecular complexity index is 755. The molecule has 0 radical (unpaired) electrons. The van der Waals surface area contributed by atoms with E-state index in [4.69, 9.17) is 16.3 Å². The van der Waals surface area contributed by atoms with Gasteiger partial charge in [0.1, 0.15) is 12.4 Å². The van der Waals surface area contributed by atoms with Crippen molar-refractivity contribution in [3.63, 3.8) is 0 Å². The van der Waals surface area contributed by atoms with E-state index in [0.29, 0.717) is 11.6 Å². The second-order valence-corrected chi connectivity index (χ2v) is 5.13. The molecule has 0 atom stereocenters. The molecule has 1 aromatic heterocycles. The molecule has 2 nitrogen and oxygen atoms in total. The van der Waals surface area contributed by atoms with Crippen molar-refractivity contribution in [2.75, 3.05) is 0 Å². The van der Waals surface area contributed by atoms with Crippen LogP contribution >= 0.6 is 11.6 Å². The molecule has 1 heterocycles. The summed E-state index contributed by atoms with van der Waals surface area (Å²) < 4.78 is 5.81. The summed E-state index contributed by atoms with van der Waals surface area (Å²) in [5, 5.41) is 1.81. The Morgan fingerprint density at radius 1 is 1.05 bits per heavy atom. The molecular weight excluding hydrogens is 270 g/mol. The highest BCUT2D eigenvalue weighted by Gasteiger charge is 2.03. The first kappa shape index (κ1) is 12.9. The molecular formula is C17H14ClNO. The van der Waals surface area contributed by atoms with Crippen LogP contribution in [-0.4, -0.2) is 4.98 Å². The lowest BCUT2D eigenvalue weighted by Crippen LogP contribution is -1.99. The molecule has 0 amide bonds. The van der Waals surface area contributed by atoms with Gasteiger partial charge in [-0.1, -0.05) is 41.9 Å². The summed E-state index contributed by atoms with van der Waals surface area (Å²) in [5.74, 6) is 0.799. The van der Waals surface area contributed by atoms with Crippen LogP contribution < -0.4 is 4.74 Å². The van der Waals surface area contributed by atoms with E-state index in [1.807, 2.05) is 55.5 Å². The molecule has 0 fully saturated rings. The molecule has 0 spiro atoms. The van der Waals surface area contributed by atoms with E-state index in [1.54, 1.807) is 0 Å². The fraction of sp³-hybridized carbons (Fsp3) is 0.118. The molecule has 3 rings (SSSR count). The van der Waals surface area contributed by atoms with Crippen LogP contribution in [0.5, 0.6) is 5.75 Å². The van der Waals surface area contributed by atoms with Crippen molar-refractivity contribution in [3.8, 4) is 5.75 Å². The van der Waals surface area contributed by atoms with Crippen LogP contribution in [0, 0.1) is 6.92 Å². The first-order valence-electron chi connectivity index (χ1n) is 6.46. The minimum Gasteiger partial charge on any atom is -0.487 e. The number of rotatable bonds is 3. The zero-order chi connectivity index (χ0) is 13.9. The second kappa shape index (κ2) is 5.51. The molecule has 0 saturated carbocycles. The van der Waals surface area contributed by atoms with Crippen molar-refractivity contribution in [1.29, 1.82) is 0 Å². The van der Waals surface area contributed by atoms with Crippen LogP contribution in [0.3, 0.4) is 0 Å². The topological polar surface area (TPSA) is 22.1 Å². The van der Waals surface area contributed by atoms with Gasteiger partial charge in [-0.3, -0.25) is 0 Å². The number of benzene rings is 2. The lowest BCUT2D eigenvalue weighted by Gasteiger charge is -2.09. The first-order chi connectivity index (χ1) is 9.72. The molecule has 0 aliphatic carbocycles. The third-order valence-corrected chi connectivity index (χ3v) is 3.42. The number of fused-ring (bicyclic) bond motifs is 1. The van der Waals surface area contributed by atoms with Crippen LogP contribution in [0.1, 0.15) is 11.3 Å². The smallest absolute Gasteiger partial charge is 0.130 e. The van der Waals surface area contributed by atoms with Crippen LogP contribution in [0.25, 0.3) is 10.9 Å². The van der Waals surface area contributed by atoms with Gasteiger partial charge in [0, 0.05) is 10.4 Å². The maximum atomic E-state index is 5.98. The van der Waals surface area contributed by atoms with Gasteiger partial charge in [-0.2, -0.15) is 0 Å². The molecule has 0 aliphatic rings. The quantitative estimate of drug-likeness (QED) is 0.690. The summed E-state index contributed by atoms with van der Waals surface area (Å²) in [7, 11) is 0. The molecule has 3 aromatic rings. The number of nitrogens with zero attached hydrogens (tertiary/aromatic N) is 1. The SMILES string of the molecule is Cc1ccc(Cl)cc1OCc1ccc2ccccc2n1. The number of pyridine rings is 1. The number of para-hydroxylation sites is 1. The zero-order valence-electron chi connectivity index (χ0n) is 11.1. The third-order valence-electron chi connectivity index (χ3n) is 3.18. The van der Waals surface area contributed by atoms with Crippen molar-refractivity contribution < 1.29 is 4.74 Å². The van der Waals surface area contributed by atoms with E-state index in [2.05, 4.69) is 11.1 Å². The summed E-state index contributed by atoms with van der Waals surface area (Å²) >= 11 is 5.98. The van der Waals surface area contributed by atoms with E-state index < -0.39 is 0 Å². The number of aryl methyl sites for hydroxylation is 1. The van der Waals surface area contributed by atoms with Crippen LogP contribution in [0.4, 0.5) is 0 Å². The standard InChI is InChI=1S/C17H14ClNO/c1-12-6-8-14(18)10-17(12)20-11-15-9-7-13-4-2-3-5-16(13)19-15/h2-10H,11H2,1H3. The van der Waals surface area contributed by atoms with Gasteiger partial charge in [0.15, 0.2) is 0 Å². The van der Waals surface area contributed by atoms with Gasteiger partial charge >= 0.3 is 0 Å². The van der Waals surface area contributed by atoms with Gasteiger partial charge in [0.2, 0.25) is 0 Å². The summed E-state index contributed by atoms with van der Waals surface area (Å²) in [6.07, 6.45) is 0. The number of ether oxygens (including phenoxy) is 1. The Morgan fingerprint density at radius 2 is 1.90 bits per heavy atom. The Hall–Kier alpha value is -2.06. The molecule has 0 aliphatic heterocycles. The van der Waals surface area contributed by atoms with Crippen molar-refractivity contribution in [2.24, 2.45) is 0 Å². The highest BCUT2D eigenvalue weighted by atomic mass is 35.5. The molecule has 0 unspecified atom stereocenters. The fourth-order valence-electron chi connectivity index (χ4n) is 2.07. The van der Waals surface area contributed by atoms with E-state index in [9.17, 15) is 0 Å². The zero-order valence-corrected chi connectivity index (χ0v) is 11.9. The normalized spacial score (nSPS) is 10.7. The summed E-state index contributed by atoms with van der Waals surface area (Å²) in [4.78, 5) is 4.58. The molecule has 2 aromatic carbocycles. The average molecular weight is 284 g/mol. The third kappa shape index (κ3) is 2.75. The van der Waals surface area contributed by atoms with Gasteiger partial charge in [-0.05, 0) is 36.8 Å². The molecule has 0 saturated heterocycles. The van der Waals surface area contributed by atoms with E-state index in [1.165, 1.54) is 0 Å².